The van der Waals surface area contributed by atoms with E-state index in [4.69, 9.17) is 0 Å². The van der Waals surface area contributed by atoms with Crippen LogP contribution in [0.4, 0.5) is 13.2 Å². The number of halogens is 3. The Morgan fingerprint density at radius 2 is 1.81 bits per heavy atom. The molecule has 0 saturated carbocycles. The molecule has 0 aromatic heterocycles. The van der Waals surface area contributed by atoms with Gasteiger partial charge in [-0.2, -0.15) is 17.5 Å². The van der Waals surface area contributed by atoms with Crippen LogP contribution in [0, 0.1) is 0 Å². The number of alkyl halides is 3. The summed E-state index contributed by atoms with van der Waals surface area (Å²) in [6, 6.07) is 2.76. The van der Waals surface area contributed by atoms with Crippen molar-refractivity contribution in [3.63, 3.8) is 0 Å². The van der Waals surface area contributed by atoms with Crippen LogP contribution in [0.1, 0.15) is 17.2 Å². The number of nitrogens with one attached hydrogen (secondary N) is 1. The van der Waals surface area contributed by atoms with Crippen LogP contribution in [0.5, 0.6) is 0 Å². The molecule has 1 saturated heterocycles. The van der Waals surface area contributed by atoms with Crippen LogP contribution in [0.3, 0.4) is 0 Å². The molecule has 1 amide bonds. The Hall–Kier alpha value is -1.61. The number of nitrogens with zero attached hydrogens (tertiary/aromatic N) is 1. The Morgan fingerprint density at radius 1 is 1.24 bits per heavy atom. The second-order valence-corrected chi connectivity index (χ2v) is 6.62. The number of rotatable bonds is 2. The first-order valence-electron chi connectivity index (χ1n) is 6.02. The summed E-state index contributed by atoms with van der Waals surface area (Å²) in [7, 11) is -3.64. The summed E-state index contributed by atoms with van der Waals surface area (Å²) in [6.07, 6.45) is -3.52. The number of hydrogen-bond donors (Lipinski definition) is 1. The van der Waals surface area contributed by atoms with Gasteiger partial charge in [0, 0.05) is 13.1 Å². The quantitative estimate of drug-likeness (QED) is 0.888. The fourth-order valence-electron chi connectivity index (χ4n) is 2.18. The second kappa shape index (κ2) is 5.30. The lowest BCUT2D eigenvalue weighted by molar-refractivity contribution is -0.137. The van der Waals surface area contributed by atoms with Gasteiger partial charge in [0.25, 0.3) is 0 Å². The molecule has 1 aromatic carbocycles. The summed E-state index contributed by atoms with van der Waals surface area (Å²) in [6.45, 7) is 0.249. The van der Waals surface area contributed by atoms with Gasteiger partial charge in [-0.3, -0.25) is 4.79 Å². The molecule has 2 rings (SSSR count). The lowest BCUT2D eigenvalue weighted by Gasteiger charge is -2.33. The van der Waals surface area contributed by atoms with E-state index in [0.29, 0.717) is 0 Å². The third-order valence-electron chi connectivity index (χ3n) is 3.15. The zero-order chi connectivity index (χ0) is 15.8. The molecule has 1 fully saturated rings. The second-order valence-electron chi connectivity index (χ2n) is 4.69. The normalized spacial score (nSPS) is 21.1. The van der Waals surface area contributed by atoms with Gasteiger partial charge >= 0.3 is 6.18 Å². The highest BCUT2D eigenvalue weighted by Crippen LogP contribution is 2.31. The minimum Gasteiger partial charge on any atom is -0.353 e. The fraction of sp³-hybridized carbons (Fsp3) is 0.417. The van der Waals surface area contributed by atoms with E-state index in [1.54, 1.807) is 0 Å². The summed E-state index contributed by atoms with van der Waals surface area (Å²) in [5, 5.41) is 2.51. The van der Waals surface area contributed by atoms with E-state index in [1.807, 2.05) is 0 Å². The van der Waals surface area contributed by atoms with Gasteiger partial charge in [0.15, 0.2) is 0 Å². The zero-order valence-corrected chi connectivity index (χ0v) is 11.8. The summed E-state index contributed by atoms with van der Waals surface area (Å²) in [4.78, 5) is 11.9. The first-order valence-corrected chi connectivity index (χ1v) is 7.87. The highest BCUT2D eigenvalue weighted by Gasteiger charge is 2.37. The summed E-state index contributed by atoms with van der Waals surface area (Å²) in [5.41, 5.74) is -0.654. The Labute approximate surface area is 119 Å². The predicted octanol–water partition coefficient (Wildman–Crippen LogP) is 1.14. The minimum atomic E-state index is -4.48. The van der Waals surface area contributed by atoms with Gasteiger partial charge in [-0.05, 0) is 17.7 Å². The van der Waals surface area contributed by atoms with Gasteiger partial charge in [0.1, 0.15) is 6.04 Å². The number of amides is 1. The summed E-state index contributed by atoms with van der Waals surface area (Å²) < 4.78 is 62.0. The number of piperazine rings is 1. The largest absolute Gasteiger partial charge is 0.416 e. The van der Waals surface area contributed by atoms with Crippen LogP contribution in [0.15, 0.2) is 24.3 Å². The highest BCUT2D eigenvalue weighted by molar-refractivity contribution is 7.88. The summed E-state index contributed by atoms with van der Waals surface area (Å²) >= 11 is 0. The molecule has 1 N–H and O–H groups in total. The molecule has 0 unspecified atom stereocenters. The Kier molecular flexibility index (Phi) is 3.98. The van der Waals surface area contributed by atoms with E-state index in [9.17, 15) is 26.4 Å². The average molecular weight is 322 g/mol. The van der Waals surface area contributed by atoms with Crippen molar-refractivity contribution >= 4 is 15.9 Å². The first-order chi connectivity index (χ1) is 9.60. The van der Waals surface area contributed by atoms with Crippen LogP contribution in [-0.2, 0) is 21.0 Å². The van der Waals surface area contributed by atoms with E-state index in [2.05, 4.69) is 5.32 Å². The molecule has 0 radical (unpaired) electrons. The topological polar surface area (TPSA) is 66.5 Å². The standard InChI is InChI=1S/C12H13F3N2O3S/c1-21(19,20)17-7-6-16-11(18)10(17)8-2-4-9(5-3-8)12(13,14)15/h2-5,10H,6-7H2,1H3,(H,16,18)/t10-/m1/s1. The molecule has 0 aliphatic carbocycles. The molecule has 1 atom stereocenters. The van der Waals surface area contributed by atoms with Gasteiger partial charge in [-0.25, -0.2) is 8.42 Å². The van der Waals surface area contributed by atoms with Crippen molar-refractivity contribution in [2.45, 2.75) is 12.2 Å². The molecule has 0 bridgehead atoms. The van der Waals surface area contributed by atoms with E-state index in [0.717, 1.165) is 34.8 Å². The molecule has 21 heavy (non-hydrogen) atoms. The van der Waals surface area contributed by atoms with Crippen molar-refractivity contribution in [3.8, 4) is 0 Å². The van der Waals surface area contributed by atoms with Crippen LogP contribution < -0.4 is 5.32 Å². The third-order valence-corrected chi connectivity index (χ3v) is 4.39. The molecule has 1 aromatic rings. The van der Waals surface area contributed by atoms with E-state index in [-0.39, 0.29) is 18.7 Å². The van der Waals surface area contributed by atoms with Gasteiger partial charge < -0.3 is 5.32 Å². The highest BCUT2D eigenvalue weighted by atomic mass is 32.2. The van der Waals surface area contributed by atoms with Crippen molar-refractivity contribution in [2.24, 2.45) is 0 Å². The van der Waals surface area contributed by atoms with Crippen LogP contribution >= 0.6 is 0 Å². The van der Waals surface area contributed by atoms with Crippen LogP contribution in [-0.4, -0.2) is 38.0 Å². The van der Waals surface area contributed by atoms with Gasteiger partial charge in [0.05, 0.1) is 11.8 Å². The maximum absolute atomic E-state index is 12.5. The molecule has 0 spiro atoms. The smallest absolute Gasteiger partial charge is 0.353 e. The van der Waals surface area contributed by atoms with Gasteiger partial charge in [0.2, 0.25) is 15.9 Å². The van der Waals surface area contributed by atoms with E-state index >= 15 is 0 Å². The number of hydrogen-bond acceptors (Lipinski definition) is 3. The van der Waals surface area contributed by atoms with Crippen LogP contribution in [0.2, 0.25) is 0 Å². The van der Waals surface area contributed by atoms with E-state index < -0.39 is 33.7 Å². The lowest BCUT2D eigenvalue weighted by atomic mass is 10.0. The Balaban J connectivity index is 2.39. The average Bonchev–Trinajstić information content (AvgIpc) is 2.36. The van der Waals surface area contributed by atoms with Crippen molar-refractivity contribution in [1.82, 2.24) is 9.62 Å². The third kappa shape index (κ3) is 3.35. The van der Waals surface area contributed by atoms with Crippen molar-refractivity contribution in [1.29, 1.82) is 0 Å². The number of carbonyl (C=O) groups is 1. The monoisotopic (exact) mass is 322 g/mol. The number of benzene rings is 1. The maximum atomic E-state index is 12.5. The van der Waals surface area contributed by atoms with E-state index in [1.165, 1.54) is 0 Å². The number of sulfonamides is 1. The van der Waals surface area contributed by atoms with Crippen LogP contribution in [0.25, 0.3) is 0 Å². The first kappa shape index (κ1) is 15.8. The predicted molar refractivity (Wildman–Crippen MR) is 68.7 cm³/mol. The number of carbonyl (C=O) groups excluding carboxylic acids is 1. The molecule has 1 aliphatic heterocycles. The lowest BCUT2D eigenvalue weighted by Crippen LogP contribution is -2.51. The molecular formula is C12H13F3N2O3S. The zero-order valence-electron chi connectivity index (χ0n) is 11.0. The maximum Gasteiger partial charge on any atom is 0.416 e. The van der Waals surface area contributed by atoms with Gasteiger partial charge in [-0.15, -0.1) is 0 Å². The molecular weight excluding hydrogens is 309 g/mol. The Morgan fingerprint density at radius 3 is 2.29 bits per heavy atom. The van der Waals surface area contributed by atoms with Crippen molar-refractivity contribution in [3.05, 3.63) is 35.4 Å². The van der Waals surface area contributed by atoms with Crippen molar-refractivity contribution < 1.29 is 26.4 Å². The molecule has 116 valence electrons. The molecule has 9 heteroatoms. The molecule has 5 nitrogen and oxygen atoms in total. The Bertz CT molecular complexity index is 641. The summed E-state index contributed by atoms with van der Waals surface area (Å²) in [5.74, 6) is -0.550. The van der Waals surface area contributed by atoms with Gasteiger partial charge in [-0.1, -0.05) is 12.1 Å². The molecule has 1 aliphatic rings. The fourth-order valence-corrected chi connectivity index (χ4v) is 3.20. The van der Waals surface area contributed by atoms with Crippen molar-refractivity contribution in [2.75, 3.05) is 19.3 Å². The molecule has 1 heterocycles. The minimum absolute atomic E-state index is 0.0796. The SMILES string of the molecule is CS(=O)(=O)N1CCNC(=O)[C@H]1c1ccc(C(F)(F)F)cc1.